The normalized spacial score (nSPS) is 12.8. The van der Waals surface area contributed by atoms with Crippen molar-refractivity contribution in [3.05, 3.63) is 45.3 Å². The number of aromatic nitrogens is 4. The number of nitrogens with one attached hydrogen (secondary N) is 1. The van der Waals surface area contributed by atoms with Crippen molar-refractivity contribution in [2.24, 2.45) is 0 Å². The van der Waals surface area contributed by atoms with Gasteiger partial charge in [-0.25, -0.2) is 4.98 Å². The lowest BCUT2D eigenvalue weighted by Gasteiger charge is -2.09. The van der Waals surface area contributed by atoms with Crippen LogP contribution in [0.2, 0.25) is 0 Å². The summed E-state index contributed by atoms with van der Waals surface area (Å²) in [6.07, 6.45) is 0. The van der Waals surface area contributed by atoms with Gasteiger partial charge in [0.2, 0.25) is 17.7 Å². The van der Waals surface area contributed by atoms with Crippen LogP contribution in [0.3, 0.4) is 0 Å². The van der Waals surface area contributed by atoms with Gasteiger partial charge in [-0.15, -0.1) is 0 Å². The number of anilines is 1. The summed E-state index contributed by atoms with van der Waals surface area (Å²) in [5.74, 6) is 0.967. The van der Waals surface area contributed by atoms with Gasteiger partial charge in [-0.05, 0) is 32.0 Å². The second-order valence-electron chi connectivity index (χ2n) is 6.45. The van der Waals surface area contributed by atoms with Gasteiger partial charge in [0.1, 0.15) is 17.1 Å². The smallest absolute Gasteiger partial charge is 0.299 e. The summed E-state index contributed by atoms with van der Waals surface area (Å²) < 4.78 is 13.5. The second kappa shape index (κ2) is 6.06. The van der Waals surface area contributed by atoms with Crippen molar-refractivity contribution in [3.63, 3.8) is 0 Å². The molecule has 4 heterocycles. The Bertz CT molecular complexity index is 1320. The minimum absolute atomic E-state index is 0.0180. The zero-order chi connectivity index (χ0) is 19.4. The van der Waals surface area contributed by atoms with Crippen molar-refractivity contribution in [2.75, 3.05) is 12.1 Å². The van der Waals surface area contributed by atoms with E-state index in [4.69, 9.17) is 9.47 Å². The van der Waals surface area contributed by atoms with Crippen LogP contribution in [0.5, 0.6) is 11.5 Å². The molecule has 1 aliphatic heterocycles. The molecule has 0 spiro atoms. The zero-order valence-corrected chi connectivity index (χ0v) is 15.9. The van der Waals surface area contributed by atoms with E-state index >= 15 is 0 Å². The van der Waals surface area contributed by atoms with Gasteiger partial charge in [-0.2, -0.15) is 9.61 Å². The fourth-order valence-electron chi connectivity index (χ4n) is 3.28. The Morgan fingerprint density at radius 3 is 2.93 bits per heavy atom. The number of fused-ring (bicyclic) bond motifs is 3. The van der Waals surface area contributed by atoms with Crippen molar-refractivity contribution in [2.45, 2.75) is 20.4 Å². The molecule has 0 saturated heterocycles. The summed E-state index contributed by atoms with van der Waals surface area (Å²) in [4.78, 5) is 30.5. The summed E-state index contributed by atoms with van der Waals surface area (Å²) in [6.45, 7) is 3.81. The average molecular weight is 397 g/mol. The van der Waals surface area contributed by atoms with E-state index in [0.717, 1.165) is 10.7 Å². The molecule has 0 fully saturated rings. The molecule has 5 rings (SSSR count). The first-order chi connectivity index (χ1) is 13.5. The number of benzene rings is 1. The van der Waals surface area contributed by atoms with E-state index in [1.807, 2.05) is 13.8 Å². The molecule has 10 heteroatoms. The van der Waals surface area contributed by atoms with Gasteiger partial charge in [0.15, 0.2) is 11.5 Å². The minimum Gasteiger partial charge on any atom is -0.454 e. The third-order valence-corrected chi connectivity index (χ3v) is 5.34. The van der Waals surface area contributed by atoms with Crippen LogP contribution in [0.4, 0.5) is 5.69 Å². The summed E-state index contributed by atoms with van der Waals surface area (Å²) in [5, 5.41) is 7.79. The largest absolute Gasteiger partial charge is 0.454 e. The molecule has 0 aliphatic carbocycles. The lowest BCUT2D eigenvalue weighted by atomic mass is 10.2. The first kappa shape index (κ1) is 16.8. The van der Waals surface area contributed by atoms with E-state index in [0.29, 0.717) is 33.2 Å². The maximum Gasteiger partial charge on any atom is 0.299 e. The maximum absolute atomic E-state index is 12.9. The number of rotatable bonds is 3. The molecule has 3 aromatic heterocycles. The average Bonchev–Trinajstić information content (AvgIpc) is 3.32. The molecule has 0 radical (unpaired) electrons. The molecular formula is C18H15N5O4S. The Kier molecular flexibility index (Phi) is 3.63. The van der Waals surface area contributed by atoms with Gasteiger partial charge in [0.05, 0.1) is 5.52 Å². The second-order valence-corrected chi connectivity index (χ2v) is 7.61. The summed E-state index contributed by atoms with van der Waals surface area (Å²) in [6, 6.07) is 6.99. The van der Waals surface area contributed by atoms with Gasteiger partial charge in [0.25, 0.3) is 5.56 Å². The van der Waals surface area contributed by atoms with E-state index in [1.165, 1.54) is 15.9 Å². The summed E-state index contributed by atoms with van der Waals surface area (Å²) >= 11 is 1.35. The van der Waals surface area contributed by atoms with Crippen molar-refractivity contribution >= 4 is 38.9 Å². The SMILES string of the molecule is Cc1nn2c(=O)c3c(cc(C)n3CC(=O)Nc3ccc4c(c3)OCO4)nc2s1. The zero-order valence-electron chi connectivity index (χ0n) is 15.1. The third-order valence-electron chi connectivity index (χ3n) is 4.51. The van der Waals surface area contributed by atoms with Crippen LogP contribution in [0.15, 0.2) is 29.1 Å². The Hall–Kier alpha value is -3.40. The Morgan fingerprint density at radius 1 is 1.25 bits per heavy atom. The van der Waals surface area contributed by atoms with E-state index < -0.39 is 0 Å². The highest BCUT2D eigenvalue weighted by molar-refractivity contribution is 7.16. The monoisotopic (exact) mass is 397 g/mol. The van der Waals surface area contributed by atoms with Crippen LogP contribution < -0.4 is 20.3 Å². The summed E-state index contributed by atoms with van der Waals surface area (Å²) in [7, 11) is 0. The highest BCUT2D eigenvalue weighted by Gasteiger charge is 2.18. The van der Waals surface area contributed by atoms with Gasteiger partial charge in [-0.3, -0.25) is 9.59 Å². The lowest BCUT2D eigenvalue weighted by Crippen LogP contribution is -2.23. The molecule has 1 aromatic carbocycles. The Morgan fingerprint density at radius 2 is 2.07 bits per heavy atom. The van der Waals surface area contributed by atoms with Gasteiger partial charge in [-0.1, -0.05) is 11.3 Å². The van der Waals surface area contributed by atoms with Gasteiger partial charge >= 0.3 is 0 Å². The van der Waals surface area contributed by atoms with Gasteiger partial charge < -0.3 is 19.4 Å². The summed E-state index contributed by atoms with van der Waals surface area (Å²) in [5.41, 5.74) is 2.00. The Balaban J connectivity index is 1.49. The molecule has 9 nitrogen and oxygen atoms in total. The third kappa shape index (κ3) is 2.61. The van der Waals surface area contributed by atoms with Crippen LogP contribution in [0.1, 0.15) is 10.7 Å². The van der Waals surface area contributed by atoms with E-state index in [-0.39, 0.29) is 24.8 Å². The first-order valence-electron chi connectivity index (χ1n) is 8.55. The maximum atomic E-state index is 12.9. The fraction of sp³-hybridized carbons (Fsp3) is 0.222. The molecular weight excluding hydrogens is 382 g/mol. The fourth-order valence-corrected chi connectivity index (χ4v) is 4.02. The van der Waals surface area contributed by atoms with Crippen molar-refractivity contribution in [1.29, 1.82) is 0 Å². The highest BCUT2D eigenvalue weighted by Crippen LogP contribution is 2.34. The molecule has 1 aliphatic rings. The van der Waals surface area contributed by atoms with Crippen LogP contribution in [-0.4, -0.2) is 31.9 Å². The van der Waals surface area contributed by atoms with Crippen LogP contribution in [0, 0.1) is 13.8 Å². The molecule has 1 amide bonds. The molecule has 0 unspecified atom stereocenters. The van der Waals surface area contributed by atoms with E-state index in [1.54, 1.807) is 28.8 Å². The van der Waals surface area contributed by atoms with E-state index in [9.17, 15) is 9.59 Å². The van der Waals surface area contributed by atoms with Crippen LogP contribution in [0.25, 0.3) is 16.0 Å². The number of aryl methyl sites for hydroxylation is 2. The first-order valence-corrected chi connectivity index (χ1v) is 9.37. The highest BCUT2D eigenvalue weighted by atomic mass is 32.1. The predicted octanol–water partition coefficient (Wildman–Crippen LogP) is 2.09. The molecule has 0 atom stereocenters. The van der Waals surface area contributed by atoms with Crippen molar-refractivity contribution in [1.82, 2.24) is 19.2 Å². The number of hydrogen-bond donors (Lipinski definition) is 1. The molecule has 28 heavy (non-hydrogen) atoms. The molecule has 0 saturated carbocycles. The number of ether oxygens (including phenoxy) is 2. The molecule has 0 bridgehead atoms. The van der Waals surface area contributed by atoms with Crippen molar-refractivity contribution in [3.8, 4) is 11.5 Å². The minimum atomic E-state index is -0.284. The lowest BCUT2D eigenvalue weighted by molar-refractivity contribution is -0.116. The van der Waals surface area contributed by atoms with Crippen LogP contribution >= 0.6 is 11.3 Å². The van der Waals surface area contributed by atoms with Crippen LogP contribution in [-0.2, 0) is 11.3 Å². The molecule has 4 aromatic rings. The van der Waals surface area contributed by atoms with Gasteiger partial charge in [0, 0.05) is 17.4 Å². The standard InChI is InChI=1S/C18H15N5O4S/c1-9-5-12-16(17(25)23-18(20-12)28-10(2)21-23)22(9)7-15(24)19-11-3-4-13-14(6-11)27-8-26-13/h3-6H,7-8H2,1-2H3,(H,19,24). The topological polar surface area (TPSA) is 99.8 Å². The molecule has 142 valence electrons. The van der Waals surface area contributed by atoms with Crippen molar-refractivity contribution < 1.29 is 14.3 Å². The predicted molar refractivity (Wildman–Crippen MR) is 103 cm³/mol. The number of hydrogen-bond acceptors (Lipinski definition) is 7. The number of carbonyl (C=O) groups is 1. The van der Waals surface area contributed by atoms with E-state index in [2.05, 4.69) is 15.4 Å². The quantitative estimate of drug-likeness (QED) is 0.568. The molecule has 1 N–H and O–H groups in total. The Labute approximate surface area is 162 Å². The number of nitrogens with zero attached hydrogens (tertiary/aromatic N) is 4. The number of amides is 1. The number of carbonyl (C=O) groups excluding carboxylic acids is 1.